The van der Waals surface area contributed by atoms with Crippen molar-refractivity contribution < 1.29 is 0 Å². The van der Waals surface area contributed by atoms with E-state index in [9.17, 15) is 0 Å². The molecular weight excluding hydrogens is 308 g/mol. The number of nitrogens with zero attached hydrogens (tertiary/aromatic N) is 3. The zero-order chi connectivity index (χ0) is 17.6. The fourth-order valence-electron chi connectivity index (χ4n) is 3.70. The largest absolute Gasteiger partial charge is 0.341 e. The van der Waals surface area contributed by atoms with Crippen LogP contribution < -0.4 is 5.73 Å². The van der Waals surface area contributed by atoms with Gasteiger partial charge in [-0.1, -0.05) is 43.0 Å². The van der Waals surface area contributed by atoms with E-state index in [2.05, 4.69) is 65.8 Å². The van der Waals surface area contributed by atoms with E-state index in [1.807, 2.05) is 7.05 Å². The summed E-state index contributed by atoms with van der Waals surface area (Å²) in [7, 11) is 2.05. The minimum atomic E-state index is 0.491. The summed E-state index contributed by atoms with van der Waals surface area (Å²) in [5.41, 5.74) is 12.7. The predicted octanol–water partition coefficient (Wildman–Crippen LogP) is 3.46. The van der Waals surface area contributed by atoms with Crippen molar-refractivity contribution in [2.24, 2.45) is 10.7 Å². The number of hydrogen-bond acceptors (Lipinski definition) is 4. The van der Waals surface area contributed by atoms with Crippen LogP contribution in [0.2, 0.25) is 0 Å². The lowest BCUT2D eigenvalue weighted by molar-refractivity contribution is 0.232. The molecule has 2 aliphatic rings. The van der Waals surface area contributed by atoms with Crippen molar-refractivity contribution in [2.75, 3.05) is 20.1 Å². The molecule has 25 heavy (non-hydrogen) atoms. The Hall–Kier alpha value is -2.59. The summed E-state index contributed by atoms with van der Waals surface area (Å²) in [5, 5.41) is 0. The van der Waals surface area contributed by atoms with Gasteiger partial charge < -0.3 is 15.5 Å². The molecule has 0 bridgehead atoms. The van der Waals surface area contributed by atoms with Crippen molar-refractivity contribution in [1.29, 1.82) is 0 Å². The lowest BCUT2D eigenvalue weighted by atomic mass is 9.91. The van der Waals surface area contributed by atoms with Crippen molar-refractivity contribution in [1.82, 2.24) is 9.80 Å². The van der Waals surface area contributed by atoms with Gasteiger partial charge in [-0.05, 0) is 29.7 Å². The normalized spacial score (nSPS) is 17.2. The minimum Gasteiger partial charge on any atom is -0.341 e. The Morgan fingerprint density at radius 1 is 1.20 bits per heavy atom. The quantitative estimate of drug-likeness (QED) is 0.916. The van der Waals surface area contributed by atoms with Crippen molar-refractivity contribution in [2.45, 2.75) is 19.4 Å². The Kier molecular flexibility index (Phi) is 3.85. The topological polar surface area (TPSA) is 44.9 Å². The van der Waals surface area contributed by atoms with Crippen molar-refractivity contribution >= 4 is 17.3 Å². The van der Waals surface area contributed by atoms with Gasteiger partial charge in [-0.25, -0.2) is 4.99 Å². The first-order valence-electron chi connectivity index (χ1n) is 8.73. The third-order valence-electron chi connectivity index (χ3n) is 5.22. The van der Waals surface area contributed by atoms with Crippen LogP contribution in [0, 0.1) is 6.92 Å². The molecule has 0 saturated carbocycles. The van der Waals surface area contributed by atoms with Gasteiger partial charge in [0.25, 0.3) is 0 Å². The Bertz CT molecular complexity index is 848. The van der Waals surface area contributed by atoms with Gasteiger partial charge in [0.15, 0.2) is 0 Å². The molecule has 2 N–H and O–H groups in total. The molecule has 0 unspecified atom stereocenters. The lowest BCUT2D eigenvalue weighted by Gasteiger charge is -2.45. The molecule has 1 saturated heterocycles. The molecule has 128 valence electrons. The molecule has 4 heteroatoms. The monoisotopic (exact) mass is 332 g/mol. The van der Waals surface area contributed by atoms with Gasteiger partial charge in [0, 0.05) is 43.9 Å². The smallest absolute Gasteiger partial charge is 0.206 e. The standard InChI is InChI=1S/C21H24N4/c1-14-9-17(11-22)20-19(10-14)15(2)24(3)21(23-20)25-12-18(13-25)16-7-5-4-6-8-16/h4-10,18H,2,11-13,22H2,1,3H3. The first-order chi connectivity index (χ1) is 12.1. The number of likely N-dealkylation sites (tertiary alicyclic amines) is 1. The summed E-state index contributed by atoms with van der Waals surface area (Å²) >= 11 is 0. The summed E-state index contributed by atoms with van der Waals surface area (Å²) in [6, 6.07) is 15.0. The average molecular weight is 332 g/mol. The lowest BCUT2D eigenvalue weighted by Crippen LogP contribution is -2.53. The molecule has 0 atom stereocenters. The van der Waals surface area contributed by atoms with Crippen LogP contribution in [0.5, 0.6) is 0 Å². The van der Waals surface area contributed by atoms with Crippen LogP contribution in [0.1, 0.15) is 28.2 Å². The number of guanidine groups is 1. The first-order valence-corrected chi connectivity index (χ1v) is 8.73. The van der Waals surface area contributed by atoms with Crippen LogP contribution in [0.15, 0.2) is 54.0 Å². The second-order valence-corrected chi connectivity index (χ2v) is 6.95. The summed E-state index contributed by atoms with van der Waals surface area (Å²) in [6.07, 6.45) is 0. The molecule has 2 aromatic rings. The molecule has 0 amide bonds. The predicted molar refractivity (Wildman–Crippen MR) is 104 cm³/mol. The number of benzene rings is 2. The highest BCUT2D eigenvalue weighted by Crippen LogP contribution is 2.38. The summed E-state index contributed by atoms with van der Waals surface area (Å²) < 4.78 is 0. The zero-order valence-electron chi connectivity index (χ0n) is 14.9. The Balaban J connectivity index is 1.64. The van der Waals surface area contributed by atoms with Gasteiger partial charge in [0.1, 0.15) is 0 Å². The molecule has 2 heterocycles. The maximum Gasteiger partial charge on any atom is 0.206 e. The van der Waals surface area contributed by atoms with E-state index in [1.54, 1.807) is 0 Å². The maximum absolute atomic E-state index is 5.96. The fraction of sp³-hybridized carbons (Fsp3) is 0.286. The Morgan fingerprint density at radius 3 is 2.60 bits per heavy atom. The second-order valence-electron chi connectivity index (χ2n) is 6.95. The average Bonchev–Trinajstić information content (AvgIpc) is 2.59. The van der Waals surface area contributed by atoms with Crippen molar-refractivity contribution in [3.8, 4) is 0 Å². The van der Waals surface area contributed by atoms with Crippen molar-refractivity contribution in [3.63, 3.8) is 0 Å². The molecule has 0 spiro atoms. The van der Waals surface area contributed by atoms with Crippen LogP contribution in [0.3, 0.4) is 0 Å². The highest BCUT2D eigenvalue weighted by molar-refractivity contribution is 5.97. The molecule has 4 rings (SSSR count). The van der Waals surface area contributed by atoms with Gasteiger partial charge >= 0.3 is 0 Å². The number of aryl methyl sites for hydroxylation is 1. The van der Waals surface area contributed by atoms with Crippen LogP contribution in [0.25, 0.3) is 5.70 Å². The summed E-state index contributed by atoms with van der Waals surface area (Å²) in [5.74, 6) is 1.54. The molecule has 1 fully saturated rings. The fourth-order valence-corrected chi connectivity index (χ4v) is 3.70. The maximum atomic E-state index is 5.96. The highest BCUT2D eigenvalue weighted by Gasteiger charge is 2.35. The van der Waals surface area contributed by atoms with E-state index < -0.39 is 0 Å². The van der Waals surface area contributed by atoms with Crippen LogP contribution in [-0.2, 0) is 6.54 Å². The Morgan fingerprint density at radius 2 is 1.92 bits per heavy atom. The molecule has 2 aromatic carbocycles. The van der Waals surface area contributed by atoms with E-state index in [0.717, 1.165) is 41.6 Å². The number of rotatable bonds is 2. The third kappa shape index (κ3) is 2.63. The van der Waals surface area contributed by atoms with E-state index in [0.29, 0.717) is 12.5 Å². The van der Waals surface area contributed by atoms with Gasteiger partial charge in [0.05, 0.1) is 5.69 Å². The van der Waals surface area contributed by atoms with Gasteiger partial charge in [-0.2, -0.15) is 0 Å². The van der Waals surface area contributed by atoms with Gasteiger partial charge in [-0.15, -0.1) is 0 Å². The molecule has 4 nitrogen and oxygen atoms in total. The SMILES string of the molecule is C=C1c2cc(C)cc(CN)c2N=C(N2CC(c3ccccc3)C2)N1C. The number of fused-ring (bicyclic) bond motifs is 1. The molecule has 2 aliphatic heterocycles. The Labute approximate surface area is 149 Å². The zero-order valence-corrected chi connectivity index (χ0v) is 14.9. The molecule has 0 radical (unpaired) electrons. The van der Waals surface area contributed by atoms with Gasteiger partial charge in [-0.3, -0.25) is 0 Å². The van der Waals surface area contributed by atoms with E-state index in [4.69, 9.17) is 10.7 Å². The van der Waals surface area contributed by atoms with Crippen LogP contribution >= 0.6 is 0 Å². The molecule has 0 aliphatic carbocycles. The van der Waals surface area contributed by atoms with Gasteiger partial charge in [0.2, 0.25) is 5.96 Å². The number of hydrogen-bond donors (Lipinski definition) is 1. The van der Waals surface area contributed by atoms with Crippen LogP contribution in [-0.4, -0.2) is 35.9 Å². The van der Waals surface area contributed by atoms with E-state index >= 15 is 0 Å². The third-order valence-corrected chi connectivity index (χ3v) is 5.22. The van der Waals surface area contributed by atoms with E-state index in [1.165, 1.54) is 11.1 Å². The second kappa shape index (κ2) is 6.05. The van der Waals surface area contributed by atoms with E-state index in [-0.39, 0.29) is 0 Å². The minimum absolute atomic E-state index is 0.491. The summed E-state index contributed by atoms with van der Waals surface area (Å²) in [6.45, 7) is 8.85. The first kappa shape index (κ1) is 15.9. The van der Waals surface area contributed by atoms with Crippen LogP contribution in [0.4, 0.5) is 5.69 Å². The molecule has 0 aromatic heterocycles. The number of aliphatic imine (C=N–C) groups is 1. The molecular formula is C21H24N4. The van der Waals surface area contributed by atoms with Crippen molar-refractivity contribution in [3.05, 3.63) is 71.3 Å². The summed E-state index contributed by atoms with van der Waals surface area (Å²) in [4.78, 5) is 9.39. The number of nitrogens with two attached hydrogens (primary N) is 1. The highest BCUT2D eigenvalue weighted by atomic mass is 15.4.